The molecule has 18 heavy (non-hydrogen) atoms. The van der Waals surface area contributed by atoms with E-state index in [1.165, 1.54) is 0 Å². The summed E-state index contributed by atoms with van der Waals surface area (Å²) in [7, 11) is 0. The van der Waals surface area contributed by atoms with Crippen molar-refractivity contribution in [2.45, 2.75) is 25.7 Å². The van der Waals surface area contributed by atoms with Gasteiger partial charge in [-0.15, -0.1) is 0 Å². The molecule has 0 bridgehead atoms. The largest absolute Gasteiger partial charge is 0.339 e. The molecule has 96 valence electrons. The predicted octanol–water partition coefficient (Wildman–Crippen LogP) is 3.17. The summed E-state index contributed by atoms with van der Waals surface area (Å²) in [6.45, 7) is 0.744. The van der Waals surface area contributed by atoms with Crippen LogP contribution >= 0.6 is 15.9 Å². The number of unbranched alkanes of at least 4 members (excludes halogenated alkanes) is 2. The average Bonchev–Trinajstić information content (AvgIpc) is 2.84. The van der Waals surface area contributed by atoms with Crippen molar-refractivity contribution < 1.29 is 4.52 Å². The maximum absolute atomic E-state index is 5.45. The molecule has 1 aromatic carbocycles. The number of aromatic nitrogens is 2. The zero-order valence-corrected chi connectivity index (χ0v) is 11.7. The predicted molar refractivity (Wildman–Crippen MR) is 74.0 cm³/mol. The van der Waals surface area contributed by atoms with Gasteiger partial charge in [-0.2, -0.15) is 4.98 Å². The van der Waals surface area contributed by atoms with Gasteiger partial charge in [0.1, 0.15) is 0 Å². The van der Waals surface area contributed by atoms with E-state index in [0.717, 1.165) is 42.3 Å². The summed E-state index contributed by atoms with van der Waals surface area (Å²) in [5.41, 5.74) is 6.41. The molecule has 0 atom stereocenters. The van der Waals surface area contributed by atoms with E-state index in [1.807, 2.05) is 24.3 Å². The monoisotopic (exact) mass is 309 g/mol. The third-order valence-corrected chi connectivity index (χ3v) is 3.19. The van der Waals surface area contributed by atoms with E-state index >= 15 is 0 Å². The van der Waals surface area contributed by atoms with E-state index in [1.54, 1.807) is 0 Å². The number of hydrogen-bond acceptors (Lipinski definition) is 4. The number of aryl methyl sites for hydroxylation is 1. The van der Waals surface area contributed by atoms with Crippen LogP contribution < -0.4 is 5.73 Å². The first kappa shape index (κ1) is 13.2. The van der Waals surface area contributed by atoms with Gasteiger partial charge in [-0.3, -0.25) is 0 Å². The Labute approximate surface area is 115 Å². The fraction of sp³-hybridized carbons (Fsp3) is 0.385. The fourth-order valence-electron chi connectivity index (χ4n) is 1.67. The van der Waals surface area contributed by atoms with Crippen molar-refractivity contribution in [3.63, 3.8) is 0 Å². The van der Waals surface area contributed by atoms with Gasteiger partial charge in [-0.25, -0.2) is 0 Å². The lowest BCUT2D eigenvalue weighted by molar-refractivity contribution is 0.374. The average molecular weight is 310 g/mol. The van der Waals surface area contributed by atoms with Crippen molar-refractivity contribution in [2.24, 2.45) is 5.73 Å². The van der Waals surface area contributed by atoms with Crippen LogP contribution in [0.4, 0.5) is 0 Å². The van der Waals surface area contributed by atoms with Crippen LogP contribution in [0.5, 0.6) is 0 Å². The van der Waals surface area contributed by atoms with Gasteiger partial charge >= 0.3 is 0 Å². The third-order valence-electron chi connectivity index (χ3n) is 2.67. The highest BCUT2D eigenvalue weighted by molar-refractivity contribution is 9.10. The molecule has 0 saturated heterocycles. The molecule has 2 N–H and O–H groups in total. The Kier molecular flexibility index (Phi) is 4.90. The van der Waals surface area contributed by atoms with Crippen LogP contribution in [0.2, 0.25) is 0 Å². The molecule has 0 fully saturated rings. The summed E-state index contributed by atoms with van der Waals surface area (Å²) < 4.78 is 6.26. The fourth-order valence-corrected chi connectivity index (χ4v) is 1.93. The quantitative estimate of drug-likeness (QED) is 0.832. The Balaban J connectivity index is 1.95. The van der Waals surface area contributed by atoms with E-state index in [9.17, 15) is 0 Å². The second kappa shape index (κ2) is 6.66. The minimum atomic E-state index is 0.649. The van der Waals surface area contributed by atoms with Crippen LogP contribution in [0.15, 0.2) is 33.3 Å². The Morgan fingerprint density at radius 1 is 1.11 bits per heavy atom. The Morgan fingerprint density at radius 2 is 1.89 bits per heavy atom. The molecule has 0 aliphatic heterocycles. The highest BCUT2D eigenvalue weighted by atomic mass is 79.9. The van der Waals surface area contributed by atoms with E-state index in [-0.39, 0.29) is 0 Å². The molecular weight excluding hydrogens is 294 g/mol. The summed E-state index contributed by atoms with van der Waals surface area (Å²) in [5.74, 6) is 1.35. The highest BCUT2D eigenvalue weighted by Crippen LogP contribution is 2.19. The first-order valence-corrected chi connectivity index (χ1v) is 6.87. The van der Waals surface area contributed by atoms with Gasteiger partial charge in [0.25, 0.3) is 0 Å². The SMILES string of the molecule is NCCCCCc1nc(-c2ccc(Br)cc2)no1. The zero-order valence-electron chi connectivity index (χ0n) is 10.1. The van der Waals surface area contributed by atoms with Crippen LogP contribution in [0, 0.1) is 0 Å². The number of rotatable bonds is 6. The zero-order chi connectivity index (χ0) is 12.8. The number of hydrogen-bond donors (Lipinski definition) is 1. The molecule has 1 heterocycles. The molecule has 1 aromatic heterocycles. The first-order chi connectivity index (χ1) is 8.79. The van der Waals surface area contributed by atoms with E-state index in [0.29, 0.717) is 11.7 Å². The van der Waals surface area contributed by atoms with Gasteiger partial charge in [0.05, 0.1) is 0 Å². The topological polar surface area (TPSA) is 64.9 Å². The normalized spacial score (nSPS) is 10.8. The summed E-state index contributed by atoms with van der Waals surface area (Å²) >= 11 is 3.40. The van der Waals surface area contributed by atoms with Crippen LogP contribution in [0.1, 0.15) is 25.2 Å². The molecule has 2 aromatic rings. The molecule has 0 aliphatic rings. The van der Waals surface area contributed by atoms with Crippen LogP contribution in [0.25, 0.3) is 11.4 Å². The second-order valence-corrected chi connectivity index (χ2v) is 5.03. The molecule has 2 rings (SSSR count). The van der Waals surface area contributed by atoms with Crippen molar-refractivity contribution in [1.82, 2.24) is 10.1 Å². The number of benzene rings is 1. The summed E-state index contributed by atoms with van der Waals surface area (Å²) in [6, 6.07) is 7.86. The maximum atomic E-state index is 5.45. The highest BCUT2D eigenvalue weighted by Gasteiger charge is 2.07. The smallest absolute Gasteiger partial charge is 0.226 e. The van der Waals surface area contributed by atoms with Crippen LogP contribution in [0.3, 0.4) is 0 Å². The van der Waals surface area contributed by atoms with Crippen molar-refractivity contribution in [3.05, 3.63) is 34.6 Å². The Morgan fingerprint density at radius 3 is 2.61 bits per heavy atom. The van der Waals surface area contributed by atoms with Gasteiger partial charge < -0.3 is 10.3 Å². The summed E-state index contributed by atoms with van der Waals surface area (Å²) in [6.07, 6.45) is 4.02. The van der Waals surface area contributed by atoms with E-state index < -0.39 is 0 Å². The lowest BCUT2D eigenvalue weighted by Gasteiger charge is -1.95. The van der Waals surface area contributed by atoms with Crippen molar-refractivity contribution >= 4 is 15.9 Å². The minimum Gasteiger partial charge on any atom is -0.339 e. The van der Waals surface area contributed by atoms with E-state index in [4.69, 9.17) is 10.3 Å². The minimum absolute atomic E-state index is 0.649. The van der Waals surface area contributed by atoms with Gasteiger partial charge in [-0.05, 0) is 43.7 Å². The van der Waals surface area contributed by atoms with E-state index in [2.05, 4.69) is 26.1 Å². The molecule has 0 unspecified atom stereocenters. The lowest BCUT2D eigenvalue weighted by Crippen LogP contribution is -1.98. The third kappa shape index (κ3) is 3.65. The van der Waals surface area contributed by atoms with Crippen molar-refractivity contribution in [1.29, 1.82) is 0 Å². The molecule has 0 radical (unpaired) electrons. The van der Waals surface area contributed by atoms with Gasteiger partial charge in [0, 0.05) is 16.5 Å². The van der Waals surface area contributed by atoms with Crippen molar-refractivity contribution in [3.8, 4) is 11.4 Å². The Hall–Kier alpha value is -1.20. The van der Waals surface area contributed by atoms with Crippen LogP contribution in [-0.4, -0.2) is 16.7 Å². The van der Waals surface area contributed by atoms with Gasteiger partial charge in [0.15, 0.2) is 0 Å². The second-order valence-electron chi connectivity index (χ2n) is 4.12. The molecule has 0 spiro atoms. The molecular formula is C13H16BrN3O. The molecule has 5 heteroatoms. The van der Waals surface area contributed by atoms with Gasteiger partial charge in [-0.1, -0.05) is 27.5 Å². The summed E-state index contributed by atoms with van der Waals surface area (Å²) in [5, 5.41) is 3.99. The van der Waals surface area contributed by atoms with Crippen molar-refractivity contribution in [2.75, 3.05) is 6.54 Å². The molecule has 0 aliphatic carbocycles. The Bertz CT molecular complexity index is 481. The number of halogens is 1. The lowest BCUT2D eigenvalue weighted by atomic mass is 10.2. The first-order valence-electron chi connectivity index (χ1n) is 6.08. The number of nitrogens with two attached hydrogens (primary N) is 1. The van der Waals surface area contributed by atoms with Crippen LogP contribution in [-0.2, 0) is 6.42 Å². The summed E-state index contributed by atoms with van der Waals surface area (Å²) in [4.78, 5) is 4.38. The van der Waals surface area contributed by atoms with Gasteiger partial charge in [0.2, 0.25) is 11.7 Å². The molecule has 0 amide bonds. The molecule has 4 nitrogen and oxygen atoms in total. The standard InChI is InChI=1S/C13H16BrN3O/c14-11-7-5-10(6-8-11)13-16-12(18-17-13)4-2-1-3-9-15/h5-8H,1-4,9,15H2. The molecule has 0 saturated carbocycles. The number of nitrogens with zero attached hydrogens (tertiary/aromatic N) is 2. The maximum Gasteiger partial charge on any atom is 0.226 e.